The Bertz CT molecular complexity index is 967. The van der Waals surface area contributed by atoms with E-state index in [1.165, 1.54) is 15.8 Å². The van der Waals surface area contributed by atoms with E-state index in [0.717, 1.165) is 34.3 Å². The van der Waals surface area contributed by atoms with Crippen LogP contribution in [0.25, 0.3) is 10.2 Å². The molecule has 5 heteroatoms. The zero-order valence-corrected chi connectivity index (χ0v) is 14.8. The molecule has 0 aliphatic carbocycles. The van der Waals surface area contributed by atoms with Gasteiger partial charge in [-0.2, -0.15) is 5.10 Å². The lowest BCUT2D eigenvalue weighted by atomic mass is 10.2. The lowest BCUT2D eigenvalue weighted by Gasteiger charge is -2.15. The van der Waals surface area contributed by atoms with E-state index in [2.05, 4.69) is 66.4 Å². The highest BCUT2D eigenvalue weighted by molar-refractivity contribution is 7.22. The van der Waals surface area contributed by atoms with Gasteiger partial charge in [0.15, 0.2) is 0 Å². The number of aliphatic imine (C=N–C) groups is 1. The molecule has 1 aliphatic rings. The van der Waals surface area contributed by atoms with E-state index >= 15 is 0 Å². The smallest absolute Gasteiger partial charge is 0.212 e. The first-order valence-electron chi connectivity index (χ1n) is 7.94. The summed E-state index contributed by atoms with van der Waals surface area (Å²) in [6, 6.07) is 14.6. The average Bonchev–Trinajstić information content (AvgIpc) is 3.10. The highest BCUT2D eigenvalue weighted by Crippen LogP contribution is 2.31. The Balaban J connectivity index is 1.72. The number of fused-ring (bicyclic) bond motifs is 1. The minimum absolute atomic E-state index is 0.753. The van der Waals surface area contributed by atoms with Crippen molar-refractivity contribution < 1.29 is 0 Å². The Hall–Kier alpha value is -2.53. The van der Waals surface area contributed by atoms with Crippen LogP contribution in [0.4, 0.5) is 10.8 Å². The van der Waals surface area contributed by atoms with Gasteiger partial charge in [0.05, 0.1) is 15.9 Å². The highest BCUT2D eigenvalue weighted by atomic mass is 32.1. The quantitative estimate of drug-likeness (QED) is 0.644. The molecule has 4 rings (SSSR count). The van der Waals surface area contributed by atoms with Gasteiger partial charge >= 0.3 is 0 Å². The molecule has 2 heterocycles. The third-order valence-electron chi connectivity index (χ3n) is 3.97. The molecule has 3 aromatic rings. The molecule has 1 aliphatic heterocycles. The van der Waals surface area contributed by atoms with Crippen molar-refractivity contribution in [3.8, 4) is 0 Å². The topological polar surface area (TPSA) is 40.9 Å². The molecule has 24 heavy (non-hydrogen) atoms. The SMILES string of the molecule is CC1=NN(c2ccc(C)cc2)/C(=N/c2nc3ccc(C)cc3s2)C1. The summed E-state index contributed by atoms with van der Waals surface area (Å²) in [7, 11) is 0. The van der Waals surface area contributed by atoms with Crippen molar-refractivity contribution in [3.63, 3.8) is 0 Å². The van der Waals surface area contributed by atoms with Crippen molar-refractivity contribution in [1.82, 2.24) is 4.98 Å². The summed E-state index contributed by atoms with van der Waals surface area (Å²) in [5.41, 5.74) is 5.58. The third kappa shape index (κ3) is 2.83. The van der Waals surface area contributed by atoms with Gasteiger partial charge in [0.1, 0.15) is 5.84 Å². The minimum Gasteiger partial charge on any atom is -0.219 e. The van der Waals surface area contributed by atoms with Crippen molar-refractivity contribution in [1.29, 1.82) is 0 Å². The summed E-state index contributed by atoms with van der Waals surface area (Å²) in [5, 5.41) is 7.34. The predicted molar refractivity (Wildman–Crippen MR) is 103 cm³/mol. The van der Waals surface area contributed by atoms with E-state index in [1.807, 2.05) is 11.9 Å². The maximum absolute atomic E-state index is 4.79. The number of amidine groups is 1. The summed E-state index contributed by atoms with van der Waals surface area (Å²) >= 11 is 1.62. The van der Waals surface area contributed by atoms with Crippen molar-refractivity contribution in [2.24, 2.45) is 10.1 Å². The average molecular weight is 334 g/mol. The van der Waals surface area contributed by atoms with Crippen LogP contribution < -0.4 is 5.01 Å². The molecule has 0 fully saturated rings. The Kier molecular flexibility index (Phi) is 3.65. The number of hydrogen-bond acceptors (Lipinski definition) is 4. The lowest BCUT2D eigenvalue weighted by molar-refractivity contribution is 1.14. The number of hydrazone groups is 1. The Morgan fingerprint density at radius 1 is 1.00 bits per heavy atom. The van der Waals surface area contributed by atoms with Gasteiger partial charge in [-0.3, -0.25) is 0 Å². The van der Waals surface area contributed by atoms with Crippen molar-refractivity contribution >= 4 is 43.9 Å². The van der Waals surface area contributed by atoms with Crippen LogP contribution in [-0.4, -0.2) is 16.5 Å². The fraction of sp³-hybridized carbons (Fsp3) is 0.211. The molecule has 2 aromatic carbocycles. The van der Waals surface area contributed by atoms with Gasteiger partial charge in [0, 0.05) is 12.1 Å². The first-order valence-corrected chi connectivity index (χ1v) is 8.76. The van der Waals surface area contributed by atoms with Gasteiger partial charge in [0.25, 0.3) is 0 Å². The summed E-state index contributed by atoms with van der Waals surface area (Å²) < 4.78 is 1.17. The Morgan fingerprint density at radius 3 is 2.54 bits per heavy atom. The number of aryl methyl sites for hydroxylation is 2. The predicted octanol–water partition coefficient (Wildman–Crippen LogP) is 5.23. The number of aromatic nitrogens is 1. The van der Waals surface area contributed by atoms with Crippen LogP contribution >= 0.6 is 11.3 Å². The monoisotopic (exact) mass is 334 g/mol. The zero-order chi connectivity index (χ0) is 16.7. The van der Waals surface area contributed by atoms with E-state index in [-0.39, 0.29) is 0 Å². The van der Waals surface area contributed by atoms with Gasteiger partial charge in [-0.1, -0.05) is 35.1 Å². The van der Waals surface area contributed by atoms with Crippen LogP contribution in [0.5, 0.6) is 0 Å². The molecule has 0 N–H and O–H groups in total. The Labute approximate surface area is 145 Å². The standard InChI is InChI=1S/C19H18N4S/c1-12-4-7-15(8-5-12)23-18(11-14(3)22-23)21-19-20-16-9-6-13(2)10-17(16)24-19/h4-10H,11H2,1-3H3/b21-18+. The fourth-order valence-electron chi connectivity index (χ4n) is 2.73. The largest absolute Gasteiger partial charge is 0.219 e. The number of rotatable bonds is 2. The second-order valence-electron chi connectivity index (χ2n) is 6.16. The highest BCUT2D eigenvalue weighted by Gasteiger charge is 2.21. The van der Waals surface area contributed by atoms with Gasteiger partial charge in [-0.25, -0.2) is 15.0 Å². The van der Waals surface area contributed by atoms with Crippen LogP contribution in [-0.2, 0) is 0 Å². The van der Waals surface area contributed by atoms with Gasteiger partial charge in [0.2, 0.25) is 5.13 Å². The van der Waals surface area contributed by atoms with Crippen LogP contribution in [0.2, 0.25) is 0 Å². The van der Waals surface area contributed by atoms with E-state index in [4.69, 9.17) is 4.99 Å². The van der Waals surface area contributed by atoms with Crippen LogP contribution in [0.1, 0.15) is 24.5 Å². The van der Waals surface area contributed by atoms with E-state index < -0.39 is 0 Å². The maximum Gasteiger partial charge on any atom is 0.212 e. The molecule has 1 aromatic heterocycles. The molecule has 0 saturated carbocycles. The molecule has 0 spiro atoms. The molecule has 4 nitrogen and oxygen atoms in total. The second kappa shape index (κ2) is 5.83. The lowest BCUT2D eigenvalue weighted by Crippen LogP contribution is -2.19. The molecule has 0 amide bonds. The van der Waals surface area contributed by atoms with Crippen LogP contribution in [0.3, 0.4) is 0 Å². The van der Waals surface area contributed by atoms with Crippen molar-refractivity contribution in [2.45, 2.75) is 27.2 Å². The molecule has 0 saturated heterocycles. The number of benzene rings is 2. The molecule has 0 atom stereocenters. The van der Waals surface area contributed by atoms with Gasteiger partial charge < -0.3 is 0 Å². The fourth-order valence-corrected chi connectivity index (χ4v) is 3.68. The number of anilines is 1. The van der Waals surface area contributed by atoms with Crippen LogP contribution in [0, 0.1) is 13.8 Å². The number of nitrogens with zero attached hydrogens (tertiary/aromatic N) is 4. The third-order valence-corrected chi connectivity index (χ3v) is 4.88. The molecule has 0 radical (unpaired) electrons. The number of hydrogen-bond donors (Lipinski definition) is 0. The molecule has 0 bridgehead atoms. The normalized spacial score (nSPS) is 16.2. The van der Waals surface area contributed by atoms with Crippen molar-refractivity contribution in [3.05, 3.63) is 53.6 Å². The molecule has 120 valence electrons. The maximum atomic E-state index is 4.79. The van der Waals surface area contributed by atoms with E-state index in [1.54, 1.807) is 11.3 Å². The summed E-state index contributed by atoms with van der Waals surface area (Å²) in [5.74, 6) is 0.923. The van der Waals surface area contributed by atoms with E-state index in [0.29, 0.717) is 0 Å². The van der Waals surface area contributed by atoms with Gasteiger partial charge in [-0.05, 0) is 50.6 Å². The summed E-state index contributed by atoms with van der Waals surface area (Å²) in [6.45, 7) is 6.21. The zero-order valence-electron chi connectivity index (χ0n) is 13.9. The first-order chi connectivity index (χ1) is 11.6. The molecular weight excluding hydrogens is 316 g/mol. The van der Waals surface area contributed by atoms with Crippen molar-refractivity contribution in [2.75, 3.05) is 5.01 Å². The number of thiazole rings is 1. The van der Waals surface area contributed by atoms with Gasteiger partial charge in [-0.15, -0.1) is 0 Å². The van der Waals surface area contributed by atoms with Crippen LogP contribution in [0.15, 0.2) is 52.6 Å². The molecular formula is C19H18N4S. The minimum atomic E-state index is 0.753. The summed E-state index contributed by atoms with van der Waals surface area (Å²) in [4.78, 5) is 9.43. The molecule has 0 unspecified atom stereocenters. The summed E-state index contributed by atoms with van der Waals surface area (Å²) in [6.07, 6.45) is 0.753. The second-order valence-corrected chi connectivity index (χ2v) is 7.16. The first kappa shape index (κ1) is 15.0. The van der Waals surface area contributed by atoms with E-state index in [9.17, 15) is 0 Å². The Morgan fingerprint density at radius 2 is 1.75 bits per heavy atom.